The van der Waals surface area contributed by atoms with Gasteiger partial charge >= 0.3 is 12.0 Å². The van der Waals surface area contributed by atoms with Gasteiger partial charge in [-0.1, -0.05) is 20.3 Å². The number of hydrogen-bond donors (Lipinski definition) is 3. The number of carbonyl (C=O) groups is 4. The lowest BCUT2D eigenvalue weighted by Gasteiger charge is -2.21. The first kappa shape index (κ1) is 14.9. The summed E-state index contributed by atoms with van der Waals surface area (Å²) in [6.07, 6.45) is 0.584. The van der Waals surface area contributed by atoms with Crippen molar-refractivity contribution in [3.8, 4) is 0 Å². The summed E-state index contributed by atoms with van der Waals surface area (Å²) in [5.41, 5.74) is 0. The molecule has 1 rings (SSSR count). The van der Waals surface area contributed by atoms with Crippen molar-refractivity contribution < 1.29 is 24.3 Å². The van der Waals surface area contributed by atoms with Crippen molar-refractivity contribution in [1.29, 1.82) is 0 Å². The van der Waals surface area contributed by atoms with Crippen LogP contribution >= 0.6 is 0 Å². The fraction of sp³-hybridized carbons (Fsp3) is 0.636. The number of hydrogen-bond acceptors (Lipinski definition) is 4. The molecular formula is C11H17N3O5. The van der Waals surface area contributed by atoms with Gasteiger partial charge in [-0.3, -0.25) is 14.5 Å². The van der Waals surface area contributed by atoms with Crippen LogP contribution in [0.2, 0.25) is 0 Å². The lowest BCUT2D eigenvalue weighted by Crippen LogP contribution is -2.49. The smallest absolute Gasteiger partial charge is 0.326 e. The topological polar surface area (TPSA) is 116 Å². The molecule has 8 heteroatoms. The van der Waals surface area contributed by atoms with E-state index in [-0.39, 0.29) is 12.5 Å². The number of nitrogens with one attached hydrogen (secondary N) is 2. The molecule has 0 bridgehead atoms. The van der Waals surface area contributed by atoms with Crippen molar-refractivity contribution in [1.82, 2.24) is 15.5 Å². The van der Waals surface area contributed by atoms with E-state index in [1.807, 2.05) is 6.92 Å². The molecule has 2 atom stereocenters. The predicted octanol–water partition coefficient (Wildman–Crippen LogP) is -0.846. The van der Waals surface area contributed by atoms with Crippen molar-refractivity contribution in [3.05, 3.63) is 0 Å². The number of aliphatic carboxylic acids is 1. The van der Waals surface area contributed by atoms with E-state index in [0.717, 1.165) is 4.90 Å². The molecule has 3 N–H and O–H groups in total. The first-order valence-corrected chi connectivity index (χ1v) is 5.97. The van der Waals surface area contributed by atoms with Gasteiger partial charge in [-0.25, -0.2) is 9.59 Å². The molecule has 106 valence electrons. The van der Waals surface area contributed by atoms with E-state index in [1.165, 1.54) is 0 Å². The molecule has 1 aliphatic rings. The monoisotopic (exact) mass is 271 g/mol. The predicted molar refractivity (Wildman–Crippen MR) is 64.1 cm³/mol. The quantitative estimate of drug-likeness (QED) is 0.544. The minimum Gasteiger partial charge on any atom is -0.480 e. The summed E-state index contributed by atoms with van der Waals surface area (Å²) in [4.78, 5) is 46.0. The molecule has 8 nitrogen and oxygen atoms in total. The summed E-state index contributed by atoms with van der Waals surface area (Å²) in [5, 5.41) is 13.6. The Kier molecular flexibility index (Phi) is 4.85. The van der Waals surface area contributed by atoms with Gasteiger partial charge in [0.05, 0.1) is 6.54 Å². The molecule has 1 fully saturated rings. The Bertz CT molecular complexity index is 393. The zero-order chi connectivity index (χ0) is 14.6. The van der Waals surface area contributed by atoms with Crippen LogP contribution in [0, 0.1) is 5.92 Å². The van der Waals surface area contributed by atoms with Crippen LogP contribution in [-0.4, -0.2) is 53.0 Å². The molecule has 1 unspecified atom stereocenters. The molecule has 0 spiro atoms. The van der Waals surface area contributed by atoms with E-state index < -0.39 is 36.4 Å². The van der Waals surface area contributed by atoms with Gasteiger partial charge < -0.3 is 15.7 Å². The van der Waals surface area contributed by atoms with Crippen LogP contribution in [0.3, 0.4) is 0 Å². The summed E-state index contributed by atoms with van der Waals surface area (Å²) in [6, 6.07) is -1.67. The summed E-state index contributed by atoms with van der Waals surface area (Å²) >= 11 is 0. The summed E-state index contributed by atoms with van der Waals surface area (Å²) < 4.78 is 0. The number of imide groups is 1. The molecule has 0 saturated carbocycles. The molecule has 0 aromatic heterocycles. The second-order valence-corrected chi connectivity index (χ2v) is 4.41. The van der Waals surface area contributed by atoms with Crippen LogP contribution < -0.4 is 10.6 Å². The molecule has 4 amide bonds. The van der Waals surface area contributed by atoms with Crippen molar-refractivity contribution in [2.75, 3.05) is 13.1 Å². The molecular weight excluding hydrogens is 254 g/mol. The van der Waals surface area contributed by atoms with E-state index in [2.05, 4.69) is 10.6 Å². The number of nitrogens with zero attached hydrogens (tertiary/aromatic N) is 1. The van der Waals surface area contributed by atoms with E-state index in [4.69, 9.17) is 5.11 Å². The molecule has 1 saturated heterocycles. The SMILES string of the molecule is CCC(C)[C@H](NC(=O)CN1C(=O)CNC1=O)C(=O)O. The molecule has 1 aliphatic heterocycles. The van der Waals surface area contributed by atoms with Crippen LogP contribution in [-0.2, 0) is 14.4 Å². The van der Waals surface area contributed by atoms with E-state index in [1.54, 1.807) is 6.92 Å². The second-order valence-electron chi connectivity index (χ2n) is 4.41. The van der Waals surface area contributed by atoms with Crippen LogP contribution in [0.1, 0.15) is 20.3 Å². The van der Waals surface area contributed by atoms with Gasteiger partial charge in [0.2, 0.25) is 5.91 Å². The largest absolute Gasteiger partial charge is 0.480 e. The Morgan fingerprint density at radius 2 is 2.11 bits per heavy atom. The molecule has 0 aromatic carbocycles. The van der Waals surface area contributed by atoms with Crippen molar-refractivity contribution in [3.63, 3.8) is 0 Å². The number of carboxylic acids is 1. The number of amides is 4. The lowest BCUT2D eigenvalue weighted by atomic mass is 9.99. The number of urea groups is 1. The average Bonchev–Trinajstić information content (AvgIpc) is 2.66. The van der Waals surface area contributed by atoms with Crippen LogP contribution in [0.25, 0.3) is 0 Å². The van der Waals surface area contributed by atoms with Crippen LogP contribution in [0.15, 0.2) is 0 Å². The molecule has 1 heterocycles. The van der Waals surface area contributed by atoms with Crippen molar-refractivity contribution in [2.45, 2.75) is 26.3 Å². The van der Waals surface area contributed by atoms with Gasteiger partial charge in [0.15, 0.2) is 0 Å². The van der Waals surface area contributed by atoms with Crippen LogP contribution in [0.4, 0.5) is 4.79 Å². The highest BCUT2D eigenvalue weighted by Crippen LogP contribution is 2.08. The van der Waals surface area contributed by atoms with Crippen molar-refractivity contribution in [2.24, 2.45) is 5.92 Å². The molecule has 0 aliphatic carbocycles. The minimum absolute atomic E-state index is 0.139. The molecule has 0 radical (unpaired) electrons. The first-order valence-electron chi connectivity index (χ1n) is 5.97. The zero-order valence-corrected chi connectivity index (χ0v) is 10.8. The summed E-state index contributed by atoms with van der Waals surface area (Å²) in [7, 11) is 0. The third-order valence-corrected chi connectivity index (χ3v) is 3.03. The Morgan fingerprint density at radius 3 is 2.53 bits per heavy atom. The number of carbonyl (C=O) groups excluding carboxylic acids is 3. The fourth-order valence-corrected chi connectivity index (χ4v) is 1.66. The third kappa shape index (κ3) is 3.67. The van der Waals surface area contributed by atoms with Gasteiger partial charge in [-0.15, -0.1) is 0 Å². The second kappa shape index (κ2) is 6.17. The zero-order valence-electron chi connectivity index (χ0n) is 10.8. The normalized spacial score (nSPS) is 17.9. The highest BCUT2D eigenvalue weighted by Gasteiger charge is 2.32. The Labute approximate surface area is 110 Å². The maximum absolute atomic E-state index is 11.7. The molecule has 19 heavy (non-hydrogen) atoms. The molecule has 0 aromatic rings. The van der Waals surface area contributed by atoms with E-state index >= 15 is 0 Å². The Hall–Kier alpha value is -2.12. The maximum atomic E-state index is 11.7. The fourth-order valence-electron chi connectivity index (χ4n) is 1.66. The lowest BCUT2D eigenvalue weighted by molar-refractivity contribution is -0.143. The summed E-state index contributed by atoms with van der Waals surface area (Å²) in [6.45, 7) is 2.90. The first-order chi connectivity index (χ1) is 8.86. The van der Waals surface area contributed by atoms with Gasteiger partial charge in [-0.2, -0.15) is 0 Å². The maximum Gasteiger partial charge on any atom is 0.326 e. The average molecular weight is 271 g/mol. The van der Waals surface area contributed by atoms with Crippen LogP contribution in [0.5, 0.6) is 0 Å². The van der Waals surface area contributed by atoms with E-state index in [9.17, 15) is 19.2 Å². The van der Waals surface area contributed by atoms with E-state index in [0.29, 0.717) is 6.42 Å². The van der Waals surface area contributed by atoms with Gasteiger partial charge in [0.25, 0.3) is 5.91 Å². The number of rotatable bonds is 6. The highest BCUT2D eigenvalue weighted by atomic mass is 16.4. The summed E-state index contributed by atoms with van der Waals surface area (Å²) in [5.74, 6) is -2.56. The minimum atomic E-state index is -1.14. The standard InChI is InChI=1S/C11H17N3O5/c1-3-6(2)9(10(17)18)13-7(15)5-14-8(16)4-12-11(14)19/h6,9H,3-5H2,1-2H3,(H,12,19)(H,13,15)(H,17,18)/t6?,9-/m0/s1. The van der Waals surface area contributed by atoms with Gasteiger partial charge in [-0.05, 0) is 5.92 Å². The van der Waals surface area contributed by atoms with Gasteiger partial charge in [0, 0.05) is 0 Å². The van der Waals surface area contributed by atoms with Crippen molar-refractivity contribution >= 4 is 23.8 Å². The Balaban J connectivity index is 2.60. The number of carboxylic acid groups (broad SMARTS) is 1. The Morgan fingerprint density at radius 1 is 1.47 bits per heavy atom. The van der Waals surface area contributed by atoms with Gasteiger partial charge in [0.1, 0.15) is 12.6 Å². The highest BCUT2D eigenvalue weighted by molar-refractivity contribution is 6.04. The third-order valence-electron chi connectivity index (χ3n) is 3.03.